The first kappa shape index (κ1) is 18.6. The fraction of sp³-hybridized carbons (Fsp3) is 0.300. The highest BCUT2D eigenvalue weighted by Gasteiger charge is 2.17. The van der Waals surface area contributed by atoms with Gasteiger partial charge in [-0.2, -0.15) is 0 Å². The summed E-state index contributed by atoms with van der Waals surface area (Å²) < 4.78 is 16.0. The van der Waals surface area contributed by atoms with Crippen LogP contribution >= 0.6 is 0 Å². The Bertz CT molecular complexity index is 893. The molecule has 1 heterocycles. The lowest BCUT2D eigenvalue weighted by molar-refractivity contribution is -0.121. The number of methoxy groups -OCH3 is 3. The third-order valence-electron chi connectivity index (χ3n) is 4.28. The van der Waals surface area contributed by atoms with Gasteiger partial charge in [0.25, 0.3) is 0 Å². The van der Waals surface area contributed by atoms with E-state index in [2.05, 4.69) is 15.3 Å². The SMILES string of the molecule is COc1cc(CC(=O)N[C@@H](C)c2nc3ccccc3[nH]2)cc(OC)c1OC. The average Bonchev–Trinajstić information content (AvgIpc) is 3.11. The molecule has 0 radical (unpaired) electrons. The van der Waals surface area contributed by atoms with Crippen molar-refractivity contribution in [1.82, 2.24) is 15.3 Å². The van der Waals surface area contributed by atoms with Crippen molar-refractivity contribution in [3.8, 4) is 17.2 Å². The molecule has 27 heavy (non-hydrogen) atoms. The van der Waals surface area contributed by atoms with Gasteiger partial charge in [-0.1, -0.05) is 12.1 Å². The Morgan fingerprint density at radius 1 is 1.11 bits per heavy atom. The van der Waals surface area contributed by atoms with Crippen LogP contribution in [0.5, 0.6) is 17.2 Å². The number of para-hydroxylation sites is 2. The van der Waals surface area contributed by atoms with Crippen LogP contribution in [0.4, 0.5) is 0 Å². The van der Waals surface area contributed by atoms with Gasteiger partial charge in [-0.15, -0.1) is 0 Å². The molecule has 0 saturated heterocycles. The molecular weight excluding hydrogens is 346 g/mol. The smallest absolute Gasteiger partial charge is 0.225 e. The van der Waals surface area contributed by atoms with Gasteiger partial charge in [0.15, 0.2) is 11.5 Å². The van der Waals surface area contributed by atoms with Gasteiger partial charge in [-0.3, -0.25) is 4.79 Å². The van der Waals surface area contributed by atoms with E-state index in [9.17, 15) is 4.79 Å². The number of ether oxygens (including phenoxy) is 3. The molecule has 142 valence electrons. The van der Waals surface area contributed by atoms with Crippen molar-refractivity contribution in [1.29, 1.82) is 0 Å². The molecule has 2 aromatic carbocycles. The molecule has 0 aliphatic carbocycles. The van der Waals surface area contributed by atoms with Crippen molar-refractivity contribution in [2.24, 2.45) is 0 Å². The number of amides is 1. The maximum atomic E-state index is 12.5. The summed E-state index contributed by atoms with van der Waals surface area (Å²) in [6.45, 7) is 1.89. The fourth-order valence-corrected chi connectivity index (χ4v) is 2.96. The van der Waals surface area contributed by atoms with E-state index < -0.39 is 0 Å². The first-order chi connectivity index (χ1) is 13.0. The first-order valence-electron chi connectivity index (χ1n) is 8.58. The molecule has 0 spiro atoms. The monoisotopic (exact) mass is 369 g/mol. The molecular formula is C20H23N3O4. The summed E-state index contributed by atoms with van der Waals surface area (Å²) in [6.07, 6.45) is 0.182. The normalized spacial score (nSPS) is 11.9. The minimum atomic E-state index is -0.244. The molecule has 7 nitrogen and oxygen atoms in total. The van der Waals surface area contributed by atoms with Gasteiger partial charge in [0.2, 0.25) is 11.7 Å². The molecule has 0 fully saturated rings. The number of H-pyrrole nitrogens is 1. The standard InChI is InChI=1S/C20H23N3O4/c1-12(20-22-14-7-5-6-8-15(14)23-20)21-18(24)11-13-9-16(25-2)19(27-4)17(10-13)26-3/h5-10,12H,11H2,1-4H3,(H,21,24)(H,22,23)/t12-/m0/s1. The van der Waals surface area contributed by atoms with Gasteiger partial charge in [0.1, 0.15) is 5.82 Å². The Hall–Kier alpha value is -3.22. The zero-order chi connectivity index (χ0) is 19.4. The van der Waals surface area contributed by atoms with Gasteiger partial charge in [0.05, 0.1) is 44.8 Å². The number of nitrogens with zero attached hydrogens (tertiary/aromatic N) is 1. The van der Waals surface area contributed by atoms with Gasteiger partial charge < -0.3 is 24.5 Å². The summed E-state index contributed by atoms with van der Waals surface area (Å²) in [7, 11) is 4.64. The van der Waals surface area contributed by atoms with Gasteiger partial charge >= 0.3 is 0 Å². The number of carbonyl (C=O) groups excluding carboxylic acids is 1. The summed E-state index contributed by atoms with van der Waals surface area (Å²) in [4.78, 5) is 20.3. The maximum absolute atomic E-state index is 12.5. The number of rotatable bonds is 7. The Balaban J connectivity index is 1.73. The van der Waals surface area contributed by atoms with Crippen LogP contribution in [0.25, 0.3) is 11.0 Å². The van der Waals surface area contributed by atoms with E-state index in [1.165, 1.54) is 0 Å². The maximum Gasteiger partial charge on any atom is 0.225 e. The summed E-state index contributed by atoms with van der Waals surface area (Å²) in [5, 5.41) is 2.96. The Kier molecular flexibility index (Phi) is 5.49. The van der Waals surface area contributed by atoms with Crippen LogP contribution in [0.2, 0.25) is 0 Å². The van der Waals surface area contributed by atoms with Crippen LogP contribution in [0.15, 0.2) is 36.4 Å². The van der Waals surface area contributed by atoms with E-state index in [4.69, 9.17) is 14.2 Å². The van der Waals surface area contributed by atoms with Crippen molar-refractivity contribution in [2.45, 2.75) is 19.4 Å². The second kappa shape index (κ2) is 7.99. The highest BCUT2D eigenvalue weighted by Crippen LogP contribution is 2.38. The molecule has 0 unspecified atom stereocenters. The van der Waals surface area contributed by atoms with Gasteiger partial charge in [-0.25, -0.2) is 4.98 Å². The highest BCUT2D eigenvalue weighted by molar-refractivity contribution is 5.80. The van der Waals surface area contributed by atoms with Crippen LogP contribution in [-0.2, 0) is 11.2 Å². The molecule has 1 atom stereocenters. The number of hydrogen-bond donors (Lipinski definition) is 2. The molecule has 1 amide bonds. The van der Waals surface area contributed by atoms with Crippen molar-refractivity contribution in [3.05, 3.63) is 47.8 Å². The van der Waals surface area contributed by atoms with Crippen molar-refractivity contribution >= 4 is 16.9 Å². The molecule has 3 aromatic rings. The molecule has 1 aromatic heterocycles. The minimum absolute atomic E-state index is 0.128. The number of hydrogen-bond acceptors (Lipinski definition) is 5. The van der Waals surface area contributed by atoms with E-state index in [1.807, 2.05) is 31.2 Å². The zero-order valence-electron chi connectivity index (χ0n) is 15.8. The molecule has 0 saturated carbocycles. The van der Waals surface area contributed by atoms with Gasteiger partial charge in [0, 0.05) is 0 Å². The lowest BCUT2D eigenvalue weighted by Crippen LogP contribution is -2.28. The Morgan fingerprint density at radius 2 is 1.78 bits per heavy atom. The number of aromatic nitrogens is 2. The predicted octanol–water partition coefficient (Wildman–Crippen LogP) is 3.01. The topological polar surface area (TPSA) is 85.5 Å². The van der Waals surface area contributed by atoms with Crippen LogP contribution in [-0.4, -0.2) is 37.2 Å². The van der Waals surface area contributed by atoms with Crippen LogP contribution in [0.1, 0.15) is 24.4 Å². The number of benzene rings is 2. The Morgan fingerprint density at radius 3 is 2.37 bits per heavy atom. The van der Waals surface area contributed by atoms with Crippen molar-refractivity contribution in [2.75, 3.05) is 21.3 Å². The first-order valence-corrected chi connectivity index (χ1v) is 8.58. The average molecular weight is 369 g/mol. The van der Waals surface area contributed by atoms with E-state index in [0.717, 1.165) is 22.4 Å². The predicted molar refractivity (Wildman–Crippen MR) is 102 cm³/mol. The number of fused-ring (bicyclic) bond motifs is 1. The molecule has 0 aliphatic rings. The quantitative estimate of drug-likeness (QED) is 0.669. The summed E-state index contributed by atoms with van der Waals surface area (Å²) in [6, 6.07) is 11.1. The second-order valence-electron chi connectivity index (χ2n) is 6.14. The molecule has 7 heteroatoms. The minimum Gasteiger partial charge on any atom is -0.493 e. The lowest BCUT2D eigenvalue weighted by Gasteiger charge is -2.15. The lowest BCUT2D eigenvalue weighted by atomic mass is 10.1. The number of imidazole rings is 1. The molecule has 2 N–H and O–H groups in total. The summed E-state index contributed by atoms with van der Waals surface area (Å²) >= 11 is 0. The highest BCUT2D eigenvalue weighted by atomic mass is 16.5. The van der Waals surface area contributed by atoms with E-state index >= 15 is 0 Å². The third-order valence-corrected chi connectivity index (χ3v) is 4.28. The van der Waals surface area contributed by atoms with Crippen LogP contribution < -0.4 is 19.5 Å². The zero-order valence-corrected chi connectivity index (χ0v) is 15.8. The number of carbonyl (C=O) groups is 1. The van der Waals surface area contributed by atoms with Crippen molar-refractivity contribution < 1.29 is 19.0 Å². The fourth-order valence-electron chi connectivity index (χ4n) is 2.96. The van der Waals surface area contributed by atoms with Crippen LogP contribution in [0, 0.1) is 0 Å². The third kappa shape index (κ3) is 3.97. The van der Waals surface area contributed by atoms with Gasteiger partial charge in [-0.05, 0) is 36.8 Å². The largest absolute Gasteiger partial charge is 0.493 e. The van der Waals surface area contributed by atoms with Crippen LogP contribution in [0.3, 0.4) is 0 Å². The van der Waals surface area contributed by atoms with E-state index in [1.54, 1.807) is 33.5 Å². The van der Waals surface area contributed by atoms with Crippen molar-refractivity contribution in [3.63, 3.8) is 0 Å². The number of aromatic amines is 1. The summed E-state index contributed by atoms with van der Waals surface area (Å²) in [5.41, 5.74) is 2.58. The second-order valence-corrected chi connectivity index (χ2v) is 6.14. The van der Waals surface area contributed by atoms with E-state index in [-0.39, 0.29) is 18.4 Å². The van der Waals surface area contributed by atoms with E-state index in [0.29, 0.717) is 17.2 Å². The Labute approximate surface area is 157 Å². The molecule has 0 bridgehead atoms. The number of nitrogens with one attached hydrogen (secondary N) is 2. The molecule has 0 aliphatic heterocycles. The summed E-state index contributed by atoms with van der Waals surface area (Å²) in [5.74, 6) is 2.13. The molecule has 3 rings (SSSR count).